The average molecular weight is 178 g/mol. The molecule has 0 aromatic rings. The van der Waals surface area contributed by atoms with E-state index in [0.29, 0.717) is 0 Å². The minimum absolute atomic E-state index is 0.0105. The van der Waals surface area contributed by atoms with Gasteiger partial charge in [0.25, 0.3) is 0 Å². The minimum Gasteiger partial charge on any atom is -0.396 e. The number of hydrogen-bond acceptors (Lipinski definition) is 5. The summed E-state index contributed by atoms with van der Waals surface area (Å²) in [5, 5.41) is 45.4. The summed E-state index contributed by atoms with van der Waals surface area (Å²) in [5.74, 6) is -0.761. The fraction of sp³-hybridized carbons (Fsp3) is 1.00. The average Bonchev–Trinajstić information content (AvgIpc) is 2.01. The van der Waals surface area contributed by atoms with Crippen molar-refractivity contribution in [2.24, 2.45) is 5.92 Å². The first kappa shape index (κ1) is 9.88. The van der Waals surface area contributed by atoms with E-state index in [-0.39, 0.29) is 6.42 Å². The van der Waals surface area contributed by atoms with Crippen molar-refractivity contribution in [2.45, 2.75) is 30.8 Å². The van der Waals surface area contributed by atoms with Gasteiger partial charge in [-0.15, -0.1) is 0 Å². The SMILES string of the molecule is OC[C@@H]1[C@@H](O)[C@H](O)[C@H](O)C[C@H]1O. The van der Waals surface area contributed by atoms with Gasteiger partial charge < -0.3 is 25.5 Å². The molecule has 1 aliphatic rings. The highest BCUT2D eigenvalue weighted by molar-refractivity contribution is 4.91. The normalized spacial score (nSPS) is 49.2. The van der Waals surface area contributed by atoms with Gasteiger partial charge in [0.05, 0.1) is 24.9 Å². The molecule has 5 heteroatoms. The summed E-state index contributed by atoms with van der Waals surface area (Å²) in [6.45, 7) is -0.397. The van der Waals surface area contributed by atoms with E-state index in [1.165, 1.54) is 0 Å². The Kier molecular flexibility index (Phi) is 3.03. The molecule has 0 spiro atoms. The standard InChI is InChI=1S/C7H14O5/c8-2-3-4(9)1-5(10)7(12)6(3)11/h3-12H,1-2H2/t3-,4+,5+,6+,7+/m0/s1. The topological polar surface area (TPSA) is 101 Å². The molecule has 12 heavy (non-hydrogen) atoms. The fourth-order valence-corrected chi connectivity index (χ4v) is 1.50. The van der Waals surface area contributed by atoms with Crippen LogP contribution in [0.15, 0.2) is 0 Å². The van der Waals surface area contributed by atoms with Crippen LogP contribution in [-0.2, 0) is 0 Å². The molecule has 0 aromatic carbocycles. The van der Waals surface area contributed by atoms with Gasteiger partial charge in [-0.25, -0.2) is 0 Å². The van der Waals surface area contributed by atoms with E-state index in [2.05, 4.69) is 0 Å². The second-order valence-electron chi connectivity index (χ2n) is 3.20. The molecule has 1 saturated carbocycles. The third-order valence-electron chi connectivity index (χ3n) is 2.37. The van der Waals surface area contributed by atoms with Gasteiger partial charge in [0.2, 0.25) is 0 Å². The monoisotopic (exact) mass is 178 g/mol. The molecule has 72 valence electrons. The van der Waals surface area contributed by atoms with Crippen LogP contribution in [-0.4, -0.2) is 56.6 Å². The summed E-state index contributed by atoms with van der Waals surface area (Å²) in [6, 6.07) is 0. The molecule has 0 heterocycles. The molecule has 0 bridgehead atoms. The van der Waals surface area contributed by atoms with Crippen molar-refractivity contribution in [1.29, 1.82) is 0 Å². The highest BCUT2D eigenvalue weighted by Gasteiger charge is 2.41. The van der Waals surface area contributed by atoms with Crippen molar-refractivity contribution in [3.05, 3.63) is 0 Å². The zero-order chi connectivity index (χ0) is 9.30. The van der Waals surface area contributed by atoms with E-state index >= 15 is 0 Å². The van der Waals surface area contributed by atoms with E-state index in [0.717, 1.165) is 0 Å². The van der Waals surface area contributed by atoms with Gasteiger partial charge in [-0.2, -0.15) is 0 Å². The summed E-state index contributed by atoms with van der Waals surface area (Å²) in [7, 11) is 0. The smallest absolute Gasteiger partial charge is 0.106 e. The van der Waals surface area contributed by atoms with Crippen LogP contribution in [0.5, 0.6) is 0 Å². The lowest BCUT2D eigenvalue weighted by atomic mass is 9.81. The van der Waals surface area contributed by atoms with Crippen molar-refractivity contribution >= 4 is 0 Å². The molecule has 1 rings (SSSR count). The maximum Gasteiger partial charge on any atom is 0.106 e. The Morgan fingerprint density at radius 3 is 2.00 bits per heavy atom. The quantitative estimate of drug-likeness (QED) is 0.304. The first-order valence-electron chi connectivity index (χ1n) is 3.91. The molecule has 0 amide bonds. The van der Waals surface area contributed by atoms with Crippen molar-refractivity contribution in [1.82, 2.24) is 0 Å². The number of aliphatic hydroxyl groups excluding tert-OH is 5. The van der Waals surface area contributed by atoms with Crippen LogP contribution in [0.3, 0.4) is 0 Å². The molecule has 5 atom stereocenters. The maximum absolute atomic E-state index is 9.25. The van der Waals surface area contributed by atoms with E-state index in [1.54, 1.807) is 0 Å². The molecule has 1 fully saturated rings. The zero-order valence-electron chi connectivity index (χ0n) is 6.54. The molecule has 5 nitrogen and oxygen atoms in total. The Bertz CT molecular complexity index is 151. The summed E-state index contributed by atoms with van der Waals surface area (Å²) < 4.78 is 0. The van der Waals surface area contributed by atoms with Crippen molar-refractivity contribution in [3.63, 3.8) is 0 Å². The van der Waals surface area contributed by atoms with Gasteiger partial charge in [0.15, 0.2) is 0 Å². The number of aliphatic hydroxyl groups is 5. The van der Waals surface area contributed by atoms with Crippen molar-refractivity contribution < 1.29 is 25.5 Å². The Hall–Kier alpha value is -0.200. The van der Waals surface area contributed by atoms with E-state index in [9.17, 15) is 10.2 Å². The van der Waals surface area contributed by atoms with E-state index in [4.69, 9.17) is 15.3 Å². The second kappa shape index (κ2) is 3.68. The first-order valence-corrected chi connectivity index (χ1v) is 3.91. The Balaban J connectivity index is 2.65. The predicted octanol–water partition coefficient (Wildman–Crippen LogP) is -2.56. The lowest BCUT2D eigenvalue weighted by molar-refractivity contribution is -0.157. The second-order valence-corrected chi connectivity index (χ2v) is 3.20. The van der Waals surface area contributed by atoms with Crippen LogP contribution < -0.4 is 0 Å². The lowest BCUT2D eigenvalue weighted by Gasteiger charge is -2.37. The summed E-state index contributed by atoms with van der Waals surface area (Å²) in [5.41, 5.74) is 0. The summed E-state index contributed by atoms with van der Waals surface area (Å²) >= 11 is 0. The van der Waals surface area contributed by atoms with Crippen LogP contribution in [0.4, 0.5) is 0 Å². The van der Waals surface area contributed by atoms with Crippen LogP contribution in [0, 0.1) is 5.92 Å². The molecule has 0 radical (unpaired) electrons. The molecule has 5 N–H and O–H groups in total. The van der Waals surface area contributed by atoms with Crippen LogP contribution >= 0.6 is 0 Å². The van der Waals surface area contributed by atoms with Gasteiger partial charge in [0, 0.05) is 12.3 Å². The van der Waals surface area contributed by atoms with Crippen LogP contribution in [0.25, 0.3) is 0 Å². The van der Waals surface area contributed by atoms with Crippen molar-refractivity contribution in [3.8, 4) is 0 Å². The molecule has 0 aromatic heterocycles. The Morgan fingerprint density at radius 1 is 0.917 bits per heavy atom. The van der Waals surface area contributed by atoms with Crippen LogP contribution in [0.1, 0.15) is 6.42 Å². The van der Waals surface area contributed by atoms with Gasteiger partial charge in [-0.1, -0.05) is 0 Å². The Labute approximate surface area is 69.9 Å². The number of hydrogen-bond donors (Lipinski definition) is 5. The summed E-state index contributed by atoms with van der Waals surface area (Å²) in [6.07, 6.45) is -4.61. The largest absolute Gasteiger partial charge is 0.396 e. The van der Waals surface area contributed by atoms with Gasteiger partial charge in [-0.05, 0) is 0 Å². The first-order chi connectivity index (χ1) is 5.57. The Morgan fingerprint density at radius 2 is 1.50 bits per heavy atom. The molecule has 1 aliphatic carbocycles. The molecule has 0 aliphatic heterocycles. The van der Waals surface area contributed by atoms with E-state index in [1.807, 2.05) is 0 Å². The minimum atomic E-state index is -1.27. The molecular weight excluding hydrogens is 164 g/mol. The fourth-order valence-electron chi connectivity index (χ4n) is 1.50. The molecule has 0 unspecified atom stereocenters. The van der Waals surface area contributed by atoms with Crippen LogP contribution in [0.2, 0.25) is 0 Å². The maximum atomic E-state index is 9.25. The van der Waals surface area contributed by atoms with Gasteiger partial charge in [0.1, 0.15) is 6.10 Å². The molecular formula is C7H14O5. The van der Waals surface area contributed by atoms with E-state index < -0.39 is 36.9 Å². The third kappa shape index (κ3) is 1.60. The zero-order valence-corrected chi connectivity index (χ0v) is 6.54. The third-order valence-corrected chi connectivity index (χ3v) is 2.37. The van der Waals surface area contributed by atoms with Gasteiger partial charge in [-0.3, -0.25) is 0 Å². The predicted molar refractivity (Wildman–Crippen MR) is 39.2 cm³/mol. The van der Waals surface area contributed by atoms with Crippen molar-refractivity contribution in [2.75, 3.05) is 6.61 Å². The molecule has 0 saturated heterocycles. The highest BCUT2D eigenvalue weighted by Crippen LogP contribution is 2.25. The summed E-state index contributed by atoms with van der Waals surface area (Å²) in [4.78, 5) is 0. The number of rotatable bonds is 1. The van der Waals surface area contributed by atoms with Gasteiger partial charge >= 0.3 is 0 Å². The lowest BCUT2D eigenvalue weighted by Crippen LogP contribution is -2.53. The highest BCUT2D eigenvalue weighted by atomic mass is 16.4.